The third-order valence-electron chi connectivity index (χ3n) is 1.58. The largest absolute Gasteiger partial charge is 0.376 e. The van der Waals surface area contributed by atoms with E-state index < -0.39 is 0 Å². The highest BCUT2D eigenvalue weighted by Gasteiger charge is 2.20. The van der Waals surface area contributed by atoms with E-state index in [4.69, 9.17) is 16.3 Å². The van der Waals surface area contributed by atoms with Crippen molar-refractivity contribution in [1.29, 1.82) is 0 Å². The van der Waals surface area contributed by atoms with Crippen LogP contribution in [0.15, 0.2) is 12.2 Å². The molecule has 0 bridgehead atoms. The first-order valence-electron chi connectivity index (χ1n) is 3.77. The van der Waals surface area contributed by atoms with Crippen molar-refractivity contribution in [3.05, 3.63) is 12.2 Å². The number of halogens is 1. The molecule has 1 rings (SSSR count). The highest BCUT2D eigenvalue weighted by molar-refractivity contribution is 6.22. The number of ether oxygens (including phenoxy) is 1. The lowest BCUT2D eigenvalue weighted by molar-refractivity contribution is 0.0649. The summed E-state index contributed by atoms with van der Waals surface area (Å²) >= 11 is 5.90. The van der Waals surface area contributed by atoms with Crippen molar-refractivity contribution < 1.29 is 4.74 Å². The van der Waals surface area contributed by atoms with Crippen molar-refractivity contribution in [3.63, 3.8) is 0 Å². The van der Waals surface area contributed by atoms with E-state index in [0.717, 1.165) is 19.4 Å². The summed E-state index contributed by atoms with van der Waals surface area (Å²) in [6.07, 6.45) is 6.37. The van der Waals surface area contributed by atoms with Gasteiger partial charge in [-0.05, 0) is 12.8 Å². The molecule has 2 atom stereocenters. The maximum Gasteiger partial charge on any atom is 0.0808 e. The van der Waals surface area contributed by atoms with E-state index in [1.807, 2.05) is 6.08 Å². The van der Waals surface area contributed by atoms with Gasteiger partial charge in [0, 0.05) is 6.61 Å². The van der Waals surface area contributed by atoms with Crippen LogP contribution >= 0.6 is 11.6 Å². The van der Waals surface area contributed by atoms with Crippen LogP contribution in [0, 0.1) is 0 Å². The van der Waals surface area contributed by atoms with Crippen molar-refractivity contribution in [2.45, 2.75) is 31.2 Å². The van der Waals surface area contributed by atoms with Crippen molar-refractivity contribution >= 4 is 11.6 Å². The molecule has 0 saturated heterocycles. The van der Waals surface area contributed by atoms with Crippen molar-refractivity contribution in [3.8, 4) is 0 Å². The predicted molar refractivity (Wildman–Crippen MR) is 43.4 cm³/mol. The van der Waals surface area contributed by atoms with Gasteiger partial charge < -0.3 is 4.74 Å². The Bertz CT molecular complexity index is 122. The molecule has 1 nitrogen and oxygen atoms in total. The molecule has 58 valence electrons. The van der Waals surface area contributed by atoms with Gasteiger partial charge in [-0.3, -0.25) is 0 Å². The SMILES string of the molecule is CCCOC1CC=CC1Cl. The average molecular weight is 161 g/mol. The summed E-state index contributed by atoms with van der Waals surface area (Å²) in [7, 11) is 0. The predicted octanol–water partition coefficient (Wildman–Crippen LogP) is 2.35. The van der Waals surface area contributed by atoms with Gasteiger partial charge in [-0.15, -0.1) is 11.6 Å². The van der Waals surface area contributed by atoms with Crippen LogP contribution in [0.4, 0.5) is 0 Å². The zero-order chi connectivity index (χ0) is 7.40. The number of hydrogen-bond acceptors (Lipinski definition) is 1. The maximum absolute atomic E-state index is 5.90. The molecule has 1 aliphatic carbocycles. The maximum atomic E-state index is 5.90. The molecule has 0 amide bonds. The van der Waals surface area contributed by atoms with Crippen molar-refractivity contribution in [2.24, 2.45) is 0 Å². The molecule has 0 radical (unpaired) electrons. The lowest BCUT2D eigenvalue weighted by Gasteiger charge is -2.13. The Labute approximate surface area is 67.0 Å². The number of hydrogen-bond donors (Lipinski definition) is 0. The Hall–Kier alpha value is -0.0100. The van der Waals surface area contributed by atoms with Crippen LogP contribution in [0.1, 0.15) is 19.8 Å². The minimum absolute atomic E-state index is 0.103. The second-order valence-corrected chi connectivity index (χ2v) is 3.02. The van der Waals surface area contributed by atoms with Crippen LogP contribution in [0.5, 0.6) is 0 Å². The monoisotopic (exact) mass is 160 g/mol. The average Bonchev–Trinajstić information content (AvgIpc) is 2.31. The van der Waals surface area contributed by atoms with E-state index in [2.05, 4.69) is 13.0 Å². The molecule has 0 spiro atoms. The fourth-order valence-electron chi connectivity index (χ4n) is 1.03. The van der Waals surface area contributed by atoms with Crippen molar-refractivity contribution in [1.82, 2.24) is 0 Å². The van der Waals surface area contributed by atoms with Crippen LogP contribution in [-0.4, -0.2) is 18.1 Å². The lowest BCUT2D eigenvalue weighted by atomic mass is 10.3. The molecule has 0 aromatic heterocycles. The fourth-order valence-corrected chi connectivity index (χ4v) is 1.30. The smallest absolute Gasteiger partial charge is 0.0808 e. The van der Waals surface area contributed by atoms with E-state index in [1.54, 1.807) is 0 Å². The Morgan fingerprint density at radius 1 is 1.70 bits per heavy atom. The first kappa shape index (κ1) is 8.09. The Morgan fingerprint density at radius 2 is 2.50 bits per heavy atom. The van der Waals surface area contributed by atoms with Crippen LogP contribution in [0.3, 0.4) is 0 Å². The molecule has 0 aliphatic heterocycles. The summed E-state index contributed by atoms with van der Waals surface area (Å²) in [4.78, 5) is 0. The Balaban J connectivity index is 2.17. The zero-order valence-corrected chi connectivity index (χ0v) is 6.97. The summed E-state index contributed by atoms with van der Waals surface area (Å²) in [6.45, 7) is 2.93. The van der Waals surface area contributed by atoms with E-state index in [9.17, 15) is 0 Å². The van der Waals surface area contributed by atoms with Gasteiger partial charge in [-0.25, -0.2) is 0 Å². The van der Waals surface area contributed by atoms with Crippen LogP contribution < -0.4 is 0 Å². The quantitative estimate of drug-likeness (QED) is 0.455. The van der Waals surface area contributed by atoms with Gasteiger partial charge >= 0.3 is 0 Å². The normalized spacial score (nSPS) is 31.4. The van der Waals surface area contributed by atoms with Crippen LogP contribution in [0.2, 0.25) is 0 Å². The van der Waals surface area contributed by atoms with E-state index in [0.29, 0.717) is 0 Å². The molecule has 0 heterocycles. The summed E-state index contributed by atoms with van der Waals surface area (Å²) in [5, 5.41) is 0.103. The van der Waals surface area contributed by atoms with E-state index >= 15 is 0 Å². The van der Waals surface area contributed by atoms with Gasteiger partial charge in [0.2, 0.25) is 0 Å². The van der Waals surface area contributed by atoms with Gasteiger partial charge in [0.1, 0.15) is 0 Å². The van der Waals surface area contributed by atoms with Gasteiger partial charge in [0.15, 0.2) is 0 Å². The first-order valence-corrected chi connectivity index (χ1v) is 4.20. The summed E-state index contributed by atoms with van der Waals surface area (Å²) < 4.78 is 5.47. The number of alkyl halides is 1. The lowest BCUT2D eigenvalue weighted by Crippen LogP contribution is -2.18. The molecule has 1 aliphatic rings. The minimum atomic E-state index is 0.103. The molecule has 2 heteroatoms. The van der Waals surface area contributed by atoms with Crippen molar-refractivity contribution in [2.75, 3.05) is 6.61 Å². The summed E-state index contributed by atoms with van der Waals surface area (Å²) in [5.41, 5.74) is 0. The third kappa shape index (κ3) is 1.99. The first-order chi connectivity index (χ1) is 4.84. The van der Waals surface area contributed by atoms with Gasteiger partial charge in [0.05, 0.1) is 11.5 Å². The van der Waals surface area contributed by atoms with Crippen LogP contribution in [0.25, 0.3) is 0 Å². The molecule has 0 aromatic carbocycles. The minimum Gasteiger partial charge on any atom is -0.376 e. The molecule has 0 aromatic rings. The van der Waals surface area contributed by atoms with Gasteiger partial charge in [-0.1, -0.05) is 19.1 Å². The second-order valence-electron chi connectivity index (χ2n) is 2.52. The standard InChI is InChI=1S/C8H13ClO/c1-2-6-10-8-5-3-4-7(8)9/h3-4,7-8H,2,5-6H2,1H3. The highest BCUT2D eigenvalue weighted by Crippen LogP contribution is 2.19. The molecule has 0 N–H and O–H groups in total. The molecule has 0 saturated carbocycles. The molecule has 10 heavy (non-hydrogen) atoms. The van der Waals surface area contributed by atoms with Gasteiger partial charge in [-0.2, -0.15) is 0 Å². The summed E-state index contributed by atoms with van der Waals surface area (Å²) in [6, 6.07) is 0. The summed E-state index contributed by atoms with van der Waals surface area (Å²) in [5.74, 6) is 0. The van der Waals surface area contributed by atoms with E-state index in [1.165, 1.54) is 0 Å². The van der Waals surface area contributed by atoms with Gasteiger partial charge in [0.25, 0.3) is 0 Å². The molecule has 2 unspecified atom stereocenters. The number of rotatable bonds is 3. The third-order valence-corrected chi connectivity index (χ3v) is 2.01. The zero-order valence-electron chi connectivity index (χ0n) is 6.22. The van der Waals surface area contributed by atoms with Crippen LogP contribution in [-0.2, 0) is 4.74 Å². The highest BCUT2D eigenvalue weighted by atomic mass is 35.5. The topological polar surface area (TPSA) is 9.23 Å². The molecular formula is C8H13ClO. The molecule has 0 fully saturated rings. The van der Waals surface area contributed by atoms with E-state index in [-0.39, 0.29) is 11.5 Å². The Kier molecular flexibility index (Phi) is 3.23. The second kappa shape index (κ2) is 3.99. The Morgan fingerprint density at radius 3 is 3.00 bits per heavy atom. The fraction of sp³-hybridized carbons (Fsp3) is 0.750. The molecular weight excluding hydrogens is 148 g/mol.